The largest absolute Gasteiger partial charge is 0.312 e. The lowest BCUT2D eigenvalue weighted by Gasteiger charge is -2.22. The zero-order chi connectivity index (χ0) is 13.6. The van der Waals surface area contributed by atoms with Gasteiger partial charge in [-0.1, -0.05) is 6.92 Å². The highest BCUT2D eigenvalue weighted by molar-refractivity contribution is 5.34. The van der Waals surface area contributed by atoms with E-state index in [0.29, 0.717) is 11.5 Å². The standard InChI is InChI=1S/C15H21F2N/c1-14(2,3)18-9-10-8-15(10,4)12-7-11(16)5-6-13(12)17/h5-7,10,18H,8-9H2,1-4H3. The molecule has 0 spiro atoms. The minimum atomic E-state index is -0.359. The van der Waals surface area contributed by atoms with Crippen LogP contribution in [0, 0.1) is 17.6 Å². The molecule has 1 aromatic carbocycles. The van der Waals surface area contributed by atoms with Gasteiger partial charge in [0.05, 0.1) is 0 Å². The minimum absolute atomic E-state index is 0.0595. The molecule has 0 heterocycles. The van der Waals surface area contributed by atoms with Gasteiger partial charge in [0, 0.05) is 5.54 Å². The molecule has 100 valence electrons. The Balaban J connectivity index is 2.09. The molecule has 1 N–H and O–H groups in total. The average molecular weight is 253 g/mol. The molecule has 0 radical (unpaired) electrons. The van der Waals surface area contributed by atoms with E-state index in [2.05, 4.69) is 26.1 Å². The van der Waals surface area contributed by atoms with Crippen LogP contribution in [0.5, 0.6) is 0 Å². The van der Waals surface area contributed by atoms with Gasteiger partial charge in [-0.15, -0.1) is 0 Å². The van der Waals surface area contributed by atoms with Gasteiger partial charge in [-0.05, 0) is 68.8 Å². The molecule has 0 aliphatic heterocycles. The molecule has 2 atom stereocenters. The van der Waals surface area contributed by atoms with E-state index in [4.69, 9.17) is 0 Å². The molecular formula is C15H21F2N. The number of rotatable bonds is 3. The Morgan fingerprint density at radius 3 is 2.61 bits per heavy atom. The molecule has 3 heteroatoms. The predicted octanol–water partition coefficient (Wildman–Crippen LogP) is 3.63. The molecule has 1 aromatic rings. The molecule has 1 aliphatic carbocycles. The second kappa shape index (κ2) is 4.30. The van der Waals surface area contributed by atoms with Gasteiger partial charge in [-0.2, -0.15) is 0 Å². The van der Waals surface area contributed by atoms with Crippen LogP contribution in [-0.4, -0.2) is 12.1 Å². The van der Waals surface area contributed by atoms with E-state index >= 15 is 0 Å². The van der Waals surface area contributed by atoms with Crippen molar-refractivity contribution in [1.29, 1.82) is 0 Å². The third-order valence-electron chi connectivity index (χ3n) is 3.83. The fourth-order valence-electron chi connectivity index (χ4n) is 2.44. The SMILES string of the molecule is CC(C)(C)NCC1CC1(C)c1cc(F)ccc1F. The molecule has 1 aliphatic rings. The second-order valence-electron chi connectivity index (χ2n) is 6.57. The number of nitrogens with one attached hydrogen (secondary N) is 1. The zero-order valence-electron chi connectivity index (χ0n) is 11.5. The van der Waals surface area contributed by atoms with Crippen LogP contribution in [0.2, 0.25) is 0 Å². The summed E-state index contributed by atoms with van der Waals surface area (Å²) in [5, 5.41) is 3.43. The van der Waals surface area contributed by atoms with E-state index in [9.17, 15) is 8.78 Å². The zero-order valence-corrected chi connectivity index (χ0v) is 11.5. The Morgan fingerprint density at radius 2 is 2.00 bits per heavy atom. The number of halogens is 2. The quantitative estimate of drug-likeness (QED) is 0.867. The van der Waals surface area contributed by atoms with Crippen LogP contribution >= 0.6 is 0 Å². The van der Waals surface area contributed by atoms with Crippen molar-refractivity contribution < 1.29 is 8.78 Å². The third kappa shape index (κ3) is 2.72. The topological polar surface area (TPSA) is 12.0 Å². The van der Waals surface area contributed by atoms with Crippen LogP contribution < -0.4 is 5.32 Å². The lowest BCUT2D eigenvalue weighted by atomic mass is 9.94. The van der Waals surface area contributed by atoms with Gasteiger partial charge >= 0.3 is 0 Å². The summed E-state index contributed by atoms with van der Waals surface area (Å²) in [5.41, 5.74) is 0.359. The summed E-state index contributed by atoms with van der Waals surface area (Å²) in [7, 11) is 0. The first-order valence-electron chi connectivity index (χ1n) is 6.43. The maximum Gasteiger partial charge on any atom is 0.127 e. The Hall–Kier alpha value is -0.960. The van der Waals surface area contributed by atoms with Crippen molar-refractivity contribution in [3.8, 4) is 0 Å². The van der Waals surface area contributed by atoms with Crippen molar-refractivity contribution in [3.05, 3.63) is 35.4 Å². The summed E-state index contributed by atoms with van der Waals surface area (Å²) >= 11 is 0. The molecule has 1 nitrogen and oxygen atoms in total. The lowest BCUT2D eigenvalue weighted by molar-refractivity contribution is 0.404. The number of hydrogen-bond donors (Lipinski definition) is 1. The highest BCUT2D eigenvalue weighted by atomic mass is 19.1. The molecule has 2 unspecified atom stereocenters. The molecule has 0 saturated heterocycles. The van der Waals surface area contributed by atoms with E-state index in [1.807, 2.05) is 6.92 Å². The Kier molecular flexibility index (Phi) is 3.22. The van der Waals surface area contributed by atoms with Crippen molar-refractivity contribution in [2.24, 2.45) is 5.92 Å². The Morgan fingerprint density at radius 1 is 1.33 bits per heavy atom. The molecule has 1 fully saturated rings. The summed E-state index contributed by atoms with van der Waals surface area (Å²) in [6.45, 7) is 9.18. The highest BCUT2D eigenvalue weighted by Crippen LogP contribution is 2.54. The van der Waals surface area contributed by atoms with Crippen molar-refractivity contribution >= 4 is 0 Å². The summed E-state index contributed by atoms with van der Waals surface area (Å²) < 4.78 is 27.0. The van der Waals surface area contributed by atoms with Crippen LogP contribution in [0.25, 0.3) is 0 Å². The summed E-state index contributed by atoms with van der Waals surface area (Å²) in [6.07, 6.45) is 0.913. The second-order valence-corrected chi connectivity index (χ2v) is 6.57. The normalized spacial score (nSPS) is 27.3. The van der Waals surface area contributed by atoms with Crippen molar-refractivity contribution in [2.45, 2.75) is 45.1 Å². The maximum absolute atomic E-state index is 13.8. The summed E-state index contributed by atoms with van der Waals surface area (Å²) in [4.78, 5) is 0. The lowest BCUT2D eigenvalue weighted by Crippen LogP contribution is -2.38. The van der Waals surface area contributed by atoms with Crippen LogP contribution in [0.3, 0.4) is 0 Å². The van der Waals surface area contributed by atoms with E-state index in [0.717, 1.165) is 13.0 Å². The van der Waals surface area contributed by atoms with Gasteiger partial charge in [0.1, 0.15) is 11.6 Å². The molecule has 2 rings (SSSR count). The molecule has 18 heavy (non-hydrogen) atoms. The Labute approximate surface area is 108 Å². The Bertz CT molecular complexity index is 450. The highest BCUT2D eigenvalue weighted by Gasteiger charge is 2.52. The summed E-state index contributed by atoms with van der Waals surface area (Å²) in [5.74, 6) is -0.271. The van der Waals surface area contributed by atoms with E-state index in [1.54, 1.807) is 0 Å². The van der Waals surface area contributed by atoms with Crippen molar-refractivity contribution in [2.75, 3.05) is 6.54 Å². The van der Waals surface area contributed by atoms with Gasteiger partial charge in [-0.3, -0.25) is 0 Å². The van der Waals surface area contributed by atoms with Gasteiger partial charge in [0.25, 0.3) is 0 Å². The van der Waals surface area contributed by atoms with Gasteiger partial charge < -0.3 is 5.32 Å². The van der Waals surface area contributed by atoms with E-state index < -0.39 is 0 Å². The molecular weight excluding hydrogens is 232 g/mol. The minimum Gasteiger partial charge on any atom is -0.312 e. The van der Waals surface area contributed by atoms with Crippen molar-refractivity contribution in [3.63, 3.8) is 0 Å². The van der Waals surface area contributed by atoms with E-state index in [-0.39, 0.29) is 22.6 Å². The van der Waals surface area contributed by atoms with Crippen LogP contribution in [0.1, 0.15) is 39.7 Å². The smallest absolute Gasteiger partial charge is 0.127 e. The molecule has 0 aromatic heterocycles. The molecule has 1 saturated carbocycles. The maximum atomic E-state index is 13.8. The molecule has 0 bridgehead atoms. The van der Waals surface area contributed by atoms with E-state index in [1.165, 1.54) is 18.2 Å². The number of benzene rings is 1. The fourth-order valence-corrected chi connectivity index (χ4v) is 2.44. The van der Waals surface area contributed by atoms with Gasteiger partial charge in [0.15, 0.2) is 0 Å². The van der Waals surface area contributed by atoms with Crippen molar-refractivity contribution in [1.82, 2.24) is 5.32 Å². The van der Waals surface area contributed by atoms with Crippen LogP contribution in [-0.2, 0) is 5.41 Å². The van der Waals surface area contributed by atoms with Crippen LogP contribution in [0.15, 0.2) is 18.2 Å². The number of hydrogen-bond acceptors (Lipinski definition) is 1. The first-order valence-corrected chi connectivity index (χ1v) is 6.43. The first-order chi connectivity index (χ1) is 8.22. The first kappa shape index (κ1) is 13.5. The third-order valence-corrected chi connectivity index (χ3v) is 3.83. The molecule has 0 amide bonds. The van der Waals surface area contributed by atoms with Gasteiger partial charge in [0.2, 0.25) is 0 Å². The van der Waals surface area contributed by atoms with Gasteiger partial charge in [-0.25, -0.2) is 8.78 Å². The fraction of sp³-hybridized carbons (Fsp3) is 0.600. The monoisotopic (exact) mass is 253 g/mol. The van der Waals surface area contributed by atoms with Crippen LogP contribution in [0.4, 0.5) is 8.78 Å². The predicted molar refractivity (Wildman–Crippen MR) is 69.6 cm³/mol. The average Bonchev–Trinajstić information content (AvgIpc) is 2.91. The summed E-state index contributed by atoms with van der Waals surface area (Å²) in [6, 6.07) is 3.74.